The zero-order valence-corrected chi connectivity index (χ0v) is 15.5. The lowest BCUT2D eigenvalue weighted by atomic mass is 9.89. The zero-order chi connectivity index (χ0) is 19.7. The number of nitrogens with zero attached hydrogens (tertiary/aromatic N) is 2. The number of carbonyl (C=O) groups excluding carboxylic acids is 2. The SMILES string of the molecule is O=C(O)[C@@H]1CN(C(=O)c2cccc(N3CCCC3=O)c2)C[C@H]1c1ccccc1. The third kappa shape index (κ3) is 3.38. The smallest absolute Gasteiger partial charge is 0.308 e. The Morgan fingerprint density at radius 3 is 2.46 bits per heavy atom. The Morgan fingerprint density at radius 1 is 1.00 bits per heavy atom. The van der Waals surface area contributed by atoms with Crippen LogP contribution in [0.1, 0.15) is 34.7 Å². The van der Waals surface area contributed by atoms with Crippen LogP contribution in [0, 0.1) is 5.92 Å². The highest BCUT2D eigenvalue weighted by molar-refractivity contribution is 5.99. The second kappa shape index (κ2) is 7.46. The van der Waals surface area contributed by atoms with E-state index in [1.54, 1.807) is 28.0 Å². The average Bonchev–Trinajstić information content (AvgIpc) is 3.35. The van der Waals surface area contributed by atoms with Gasteiger partial charge in [0.2, 0.25) is 5.91 Å². The summed E-state index contributed by atoms with van der Waals surface area (Å²) < 4.78 is 0. The van der Waals surface area contributed by atoms with Crippen molar-refractivity contribution >= 4 is 23.5 Å². The van der Waals surface area contributed by atoms with Crippen molar-refractivity contribution in [2.24, 2.45) is 5.92 Å². The number of anilines is 1. The molecule has 144 valence electrons. The maximum absolute atomic E-state index is 13.1. The second-order valence-corrected chi connectivity index (χ2v) is 7.37. The number of hydrogen-bond acceptors (Lipinski definition) is 3. The number of likely N-dealkylation sites (tertiary alicyclic amines) is 1. The minimum Gasteiger partial charge on any atom is -0.481 e. The summed E-state index contributed by atoms with van der Waals surface area (Å²) in [7, 11) is 0. The summed E-state index contributed by atoms with van der Waals surface area (Å²) in [6.07, 6.45) is 1.35. The van der Waals surface area contributed by atoms with Gasteiger partial charge in [0, 0.05) is 43.2 Å². The van der Waals surface area contributed by atoms with E-state index in [0.29, 0.717) is 25.1 Å². The maximum Gasteiger partial charge on any atom is 0.308 e. The molecule has 0 unspecified atom stereocenters. The van der Waals surface area contributed by atoms with Gasteiger partial charge in [-0.2, -0.15) is 0 Å². The fraction of sp³-hybridized carbons (Fsp3) is 0.318. The molecule has 2 fully saturated rings. The maximum atomic E-state index is 13.1. The van der Waals surface area contributed by atoms with E-state index >= 15 is 0 Å². The standard InChI is InChI=1S/C22H22N2O4/c25-20-10-5-11-24(20)17-9-4-8-16(12-17)21(26)23-13-18(19(14-23)22(27)28)15-6-2-1-3-7-15/h1-4,6-9,12,18-19H,5,10-11,13-14H2,(H,27,28)/t18-,19+/m0/s1. The first-order chi connectivity index (χ1) is 13.5. The van der Waals surface area contributed by atoms with Crippen LogP contribution in [0.15, 0.2) is 54.6 Å². The van der Waals surface area contributed by atoms with Crippen molar-refractivity contribution in [1.82, 2.24) is 4.90 Å². The average molecular weight is 378 g/mol. The summed E-state index contributed by atoms with van der Waals surface area (Å²) in [4.78, 5) is 40.2. The summed E-state index contributed by atoms with van der Waals surface area (Å²) in [6, 6.07) is 16.5. The first-order valence-corrected chi connectivity index (χ1v) is 9.52. The molecule has 0 radical (unpaired) electrons. The number of carbonyl (C=O) groups is 3. The van der Waals surface area contributed by atoms with Crippen molar-refractivity contribution in [2.45, 2.75) is 18.8 Å². The molecule has 2 aromatic rings. The van der Waals surface area contributed by atoms with Gasteiger partial charge in [-0.05, 0) is 30.2 Å². The molecule has 2 atom stereocenters. The molecule has 2 aromatic carbocycles. The molecule has 1 N–H and O–H groups in total. The van der Waals surface area contributed by atoms with Crippen LogP contribution in [0.2, 0.25) is 0 Å². The van der Waals surface area contributed by atoms with Crippen LogP contribution in [0.3, 0.4) is 0 Å². The molecule has 2 amide bonds. The molecular formula is C22H22N2O4. The molecule has 28 heavy (non-hydrogen) atoms. The van der Waals surface area contributed by atoms with Crippen molar-refractivity contribution in [2.75, 3.05) is 24.5 Å². The lowest BCUT2D eigenvalue weighted by Crippen LogP contribution is -2.30. The number of aliphatic carboxylic acids is 1. The summed E-state index contributed by atoms with van der Waals surface area (Å²) in [6.45, 7) is 1.21. The third-order valence-corrected chi connectivity index (χ3v) is 5.63. The van der Waals surface area contributed by atoms with Crippen LogP contribution in [-0.4, -0.2) is 47.4 Å². The molecule has 6 heteroatoms. The Hall–Kier alpha value is -3.15. The van der Waals surface area contributed by atoms with Crippen LogP contribution in [0.25, 0.3) is 0 Å². The number of hydrogen-bond donors (Lipinski definition) is 1. The highest BCUT2D eigenvalue weighted by Gasteiger charge is 2.40. The van der Waals surface area contributed by atoms with Crippen molar-refractivity contribution in [3.8, 4) is 0 Å². The number of carboxylic acids is 1. The largest absolute Gasteiger partial charge is 0.481 e. The molecule has 2 aliphatic heterocycles. The molecule has 0 spiro atoms. The molecular weight excluding hydrogens is 356 g/mol. The Balaban J connectivity index is 1.57. The number of rotatable bonds is 4. The van der Waals surface area contributed by atoms with Crippen molar-refractivity contribution in [3.63, 3.8) is 0 Å². The van der Waals surface area contributed by atoms with E-state index in [1.807, 2.05) is 36.4 Å². The minimum atomic E-state index is -0.888. The van der Waals surface area contributed by atoms with Gasteiger partial charge in [0.25, 0.3) is 5.91 Å². The second-order valence-electron chi connectivity index (χ2n) is 7.37. The van der Waals surface area contributed by atoms with Gasteiger partial charge in [0.15, 0.2) is 0 Å². The van der Waals surface area contributed by atoms with Crippen LogP contribution in [0.5, 0.6) is 0 Å². The van der Waals surface area contributed by atoms with Crippen molar-refractivity contribution < 1.29 is 19.5 Å². The molecule has 0 saturated carbocycles. The van der Waals surface area contributed by atoms with Gasteiger partial charge in [-0.25, -0.2) is 0 Å². The fourth-order valence-electron chi connectivity index (χ4n) is 4.17. The Bertz CT molecular complexity index is 912. The molecule has 2 saturated heterocycles. The summed E-state index contributed by atoms with van der Waals surface area (Å²) >= 11 is 0. The van der Waals surface area contributed by atoms with Crippen LogP contribution < -0.4 is 4.90 Å². The number of amides is 2. The van der Waals surface area contributed by atoms with E-state index in [9.17, 15) is 19.5 Å². The molecule has 0 aromatic heterocycles. The van der Waals surface area contributed by atoms with E-state index in [4.69, 9.17) is 0 Å². The van der Waals surface area contributed by atoms with E-state index in [1.165, 1.54) is 0 Å². The number of benzene rings is 2. The van der Waals surface area contributed by atoms with Crippen molar-refractivity contribution in [1.29, 1.82) is 0 Å². The van der Waals surface area contributed by atoms with Gasteiger partial charge in [-0.1, -0.05) is 36.4 Å². The molecule has 0 aliphatic carbocycles. The lowest BCUT2D eigenvalue weighted by Gasteiger charge is -2.19. The van der Waals surface area contributed by atoms with E-state index in [0.717, 1.165) is 17.7 Å². The lowest BCUT2D eigenvalue weighted by molar-refractivity contribution is -0.141. The number of carboxylic acid groups (broad SMARTS) is 1. The van der Waals surface area contributed by atoms with Crippen LogP contribution in [0.4, 0.5) is 5.69 Å². The van der Waals surface area contributed by atoms with Gasteiger partial charge < -0.3 is 14.9 Å². The normalized spacial score (nSPS) is 21.9. The molecule has 2 heterocycles. The quantitative estimate of drug-likeness (QED) is 0.887. The van der Waals surface area contributed by atoms with Gasteiger partial charge in [-0.3, -0.25) is 14.4 Å². The Labute approximate surface area is 163 Å². The van der Waals surface area contributed by atoms with E-state index in [2.05, 4.69) is 0 Å². The molecule has 6 nitrogen and oxygen atoms in total. The summed E-state index contributed by atoms with van der Waals surface area (Å²) in [5.41, 5.74) is 2.14. The highest BCUT2D eigenvalue weighted by Crippen LogP contribution is 2.34. The summed E-state index contributed by atoms with van der Waals surface area (Å²) in [5, 5.41) is 9.65. The van der Waals surface area contributed by atoms with Gasteiger partial charge >= 0.3 is 5.97 Å². The predicted octanol–water partition coefficient (Wildman–Crippen LogP) is 2.75. The Kier molecular flexibility index (Phi) is 4.86. The van der Waals surface area contributed by atoms with E-state index in [-0.39, 0.29) is 24.3 Å². The molecule has 2 aliphatic rings. The highest BCUT2D eigenvalue weighted by atomic mass is 16.4. The Morgan fingerprint density at radius 2 is 1.79 bits per heavy atom. The van der Waals surface area contributed by atoms with Gasteiger partial charge in [0.05, 0.1) is 5.92 Å². The van der Waals surface area contributed by atoms with Crippen LogP contribution in [-0.2, 0) is 9.59 Å². The minimum absolute atomic E-state index is 0.0702. The fourth-order valence-corrected chi connectivity index (χ4v) is 4.17. The van der Waals surface area contributed by atoms with Gasteiger partial charge in [-0.15, -0.1) is 0 Å². The predicted molar refractivity (Wildman–Crippen MR) is 104 cm³/mol. The van der Waals surface area contributed by atoms with E-state index < -0.39 is 11.9 Å². The first-order valence-electron chi connectivity index (χ1n) is 9.52. The zero-order valence-electron chi connectivity index (χ0n) is 15.5. The summed E-state index contributed by atoms with van der Waals surface area (Å²) in [5.74, 6) is -1.87. The third-order valence-electron chi connectivity index (χ3n) is 5.63. The molecule has 0 bridgehead atoms. The molecule has 4 rings (SSSR count). The first kappa shape index (κ1) is 18.2. The van der Waals surface area contributed by atoms with Crippen molar-refractivity contribution in [3.05, 3.63) is 65.7 Å². The van der Waals surface area contributed by atoms with Gasteiger partial charge in [0.1, 0.15) is 0 Å². The monoisotopic (exact) mass is 378 g/mol. The van der Waals surface area contributed by atoms with Crippen LogP contribution >= 0.6 is 0 Å². The topological polar surface area (TPSA) is 77.9 Å².